The predicted octanol–water partition coefficient (Wildman–Crippen LogP) is 5.28. The number of alkyl halides is 3. The van der Waals surface area contributed by atoms with Gasteiger partial charge in [0.1, 0.15) is 0 Å². The molecule has 0 saturated carbocycles. The first-order chi connectivity index (χ1) is 18.2. The zero-order valence-corrected chi connectivity index (χ0v) is 25.2. The molecule has 0 bridgehead atoms. The van der Waals surface area contributed by atoms with E-state index < -0.39 is 36.2 Å². The van der Waals surface area contributed by atoms with Crippen molar-refractivity contribution in [2.24, 2.45) is 11.7 Å². The molecule has 216 valence electrons. The number of anilines is 2. The Morgan fingerprint density at radius 3 is 2.41 bits per heavy atom. The van der Waals surface area contributed by atoms with E-state index in [0.717, 1.165) is 12.5 Å². The molecule has 3 rings (SSSR count). The van der Waals surface area contributed by atoms with Gasteiger partial charge in [0.05, 0.1) is 6.42 Å². The Kier molecular flexibility index (Phi) is 11.1. The maximum atomic E-state index is 14.9. The van der Waals surface area contributed by atoms with Crippen LogP contribution in [0.25, 0.3) is 0 Å². The van der Waals surface area contributed by atoms with Crippen LogP contribution in [0.3, 0.4) is 0 Å². The van der Waals surface area contributed by atoms with Crippen molar-refractivity contribution in [1.82, 2.24) is 4.90 Å². The second kappa shape index (κ2) is 13.7. The number of nitrogens with two attached hydrogens (primary N) is 1. The molecule has 2 aromatic carbocycles. The summed E-state index contributed by atoms with van der Waals surface area (Å²) in [5, 5.41) is 3.22. The van der Waals surface area contributed by atoms with Gasteiger partial charge < -0.3 is 0 Å². The average Bonchev–Trinajstić information content (AvgIpc) is 2.86. The van der Waals surface area contributed by atoms with Crippen molar-refractivity contribution in [3.8, 4) is 0 Å². The fourth-order valence-electron chi connectivity index (χ4n) is 4.67. The third kappa shape index (κ3) is 9.07. The normalized spacial score (nSPS) is 16.4. The van der Waals surface area contributed by atoms with Gasteiger partial charge in [-0.25, -0.2) is 0 Å². The molecule has 5 nitrogen and oxygen atoms in total. The van der Waals surface area contributed by atoms with Crippen molar-refractivity contribution >= 4 is 45.7 Å². The topological polar surface area (TPSA) is 61.6 Å². The minimum absolute atomic E-state index is 0.00790. The molecule has 1 saturated heterocycles. The summed E-state index contributed by atoms with van der Waals surface area (Å²) in [6, 6.07) is 6.60. The monoisotopic (exact) mass is 636 g/mol. The first-order valence-electron chi connectivity index (χ1n) is 12.9. The molecule has 1 aliphatic heterocycles. The summed E-state index contributed by atoms with van der Waals surface area (Å²) in [5.41, 5.74) is 7.27. The Morgan fingerprint density at radius 1 is 1.13 bits per heavy atom. The Labute approximate surface area is 239 Å². The number of benzene rings is 2. The fraction of sp³-hybridized carbons (Fsp3) is 0.519. The van der Waals surface area contributed by atoms with Crippen LogP contribution in [0.15, 0.2) is 30.3 Å². The molecule has 1 amide bonds. The molecule has 39 heavy (non-hydrogen) atoms. The minimum atomic E-state index is -4.21. The number of carbonyl (C=O) groups excluding carboxylic acids is 1. The maximum absolute atomic E-state index is 14.9. The summed E-state index contributed by atoms with van der Waals surface area (Å²) in [5.74, 6) is -2.37. The van der Waals surface area contributed by atoms with Crippen molar-refractivity contribution in [2.75, 3.05) is 42.9 Å². The first kappa shape index (κ1) is 31.7. The first-order valence-corrected chi connectivity index (χ1v) is 14.7. The van der Waals surface area contributed by atoms with Crippen LogP contribution in [0.5, 0.6) is 0 Å². The standard InChI is InChI=1S/C27H35AsClF5N4O/c1-16(2)13-20(28)22(35)15-19-18(4-5-21(30)25(19)31)26(39)36-23-6-3-17(29)14-24(23)38-11-9-37(10-12-38)8-7-27(32,33)34/h3-6,14,16,20,22H,7-13,15,28,35H2,1-2H3,(H,36,39). The molecule has 3 N–H and O–H groups in total. The molecule has 12 heteroatoms. The number of hydrogen-bond acceptors (Lipinski definition) is 4. The van der Waals surface area contributed by atoms with Crippen LogP contribution in [0, 0.1) is 17.6 Å². The van der Waals surface area contributed by atoms with Gasteiger partial charge in [-0.3, -0.25) is 4.90 Å². The van der Waals surface area contributed by atoms with Gasteiger partial charge in [-0.15, -0.1) is 0 Å². The number of carbonyl (C=O) groups is 1. The van der Waals surface area contributed by atoms with Crippen LogP contribution in [-0.2, 0) is 6.42 Å². The predicted molar refractivity (Wildman–Crippen MR) is 149 cm³/mol. The van der Waals surface area contributed by atoms with Gasteiger partial charge in [0, 0.05) is 6.54 Å². The van der Waals surface area contributed by atoms with Crippen LogP contribution in [0.4, 0.5) is 33.3 Å². The van der Waals surface area contributed by atoms with Crippen LogP contribution < -0.4 is 16.0 Å². The van der Waals surface area contributed by atoms with Crippen molar-refractivity contribution in [1.29, 1.82) is 0 Å². The number of piperazine rings is 1. The summed E-state index contributed by atoms with van der Waals surface area (Å²) in [7, 11) is 0. The quantitative estimate of drug-likeness (QED) is 0.275. The second-order valence-electron chi connectivity index (χ2n) is 10.4. The van der Waals surface area contributed by atoms with E-state index in [2.05, 4.69) is 19.2 Å². The Morgan fingerprint density at radius 2 is 1.79 bits per heavy atom. The second-order valence-corrected chi connectivity index (χ2v) is 12.6. The molecule has 2 aromatic rings. The van der Waals surface area contributed by atoms with E-state index in [-0.39, 0.29) is 28.8 Å². The van der Waals surface area contributed by atoms with Crippen LogP contribution >= 0.6 is 11.6 Å². The fourth-order valence-corrected chi connectivity index (χ4v) is 6.26. The number of halogens is 6. The van der Waals surface area contributed by atoms with Crippen molar-refractivity contribution in [3.63, 3.8) is 0 Å². The van der Waals surface area contributed by atoms with Crippen LogP contribution in [0.2, 0.25) is 9.73 Å². The molecular weight excluding hydrogens is 602 g/mol. The van der Waals surface area contributed by atoms with Gasteiger partial charge >= 0.3 is 209 Å². The van der Waals surface area contributed by atoms with E-state index in [1.807, 2.05) is 4.90 Å². The molecule has 1 heterocycles. The zero-order chi connectivity index (χ0) is 28.9. The van der Waals surface area contributed by atoms with Gasteiger partial charge in [0.15, 0.2) is 0 Å². The van der Waals surface area contributed by atoms with E-state index in [9.17, 15) is 26.7 Å². The van der Waals surface area contributed by atoms with E-state index >= 15 is 0 Å². The molecule has 0 aromatic heterocycles. The third-order valence-corrected chi connectivity index (χ3v) is 8.65. The van der Waals surface area contributed by atoms with Crippen LogP contribution in [-0.4, -0.2) is 72.6 Å². The Bertz CT molecular complexity index is 1140. The van der Waals surface area contributed by atoms with Crippen molar-refractivity contribution < 1.29 is 26.7 Å². The SMILES string of the molecule is CC(C)CC([AsH2])C(N)Cc1c(C(=O)Nc2ccc(Cl)cc2N2CCN(CCC(F)(F)F)CC2)ccc(F)c1F. The van der Waals surface area contributed by atoms with Crippen molar-refractivity contribution in [2.45, 2.75) is 50.0 Å². The van der Waals surface area contributed by atoms with Gasteiger partial charge in [0.2, 0.25) is 0 Å². The molecule has 1 fully saturated rings. The molecular formula is C27H35AsClF5N4O. The number of nitrogens with one attached hydrogen (secondary N) is 1. The van der Waals surface area contributed by atoms with E-state index in [0.29, 0.717) is 48.5 Å². The number of rotatable bonds is 10. The number of hydrogen-bond donors (Lipinski definition) is 2. The summed E-state index contributed by atoms with van der Waals surface area (Å²) >= 11 is 7.65. The van der Waals surface area contributed by atoms with Gasteiger partial charge in [-0.2, -0.15) is 13.2 Å². The number of amides is 1. The summed E-state index contributed by atoms with van der Waals surface area (Å²) in [6.45, 7) is 5.74. The van der Waals surface area contributed by atoms with Crippen molar-refractivity contribution in [3.05, 3.63) is 58.1 Å². The molecule has 3 unspecified atom stereocenters. The summed E-state index contributed by atoms with van der Waals surface area (Å²) in [4.78, 5) is 17.1. The molecule has 3 atom stereocenters. The summed E-state index contributed by atoms with van der Waals surface area (Å²) < 4.78 is 67.0. The molecule has 0 spiro atoms. The molecule has 0 radical (unpaired) electrons. The average molecular weight is 637 g/mol. The van der Waals surface area contributed by atoms with Gasteiger partial charge in [0.25, 0.3) is 0 Å². The van der Waals surface area contributed by atoms with Gasteiger partial charge in [-0.05, 0) is 0 Å². The van der Waals surface area contributed by atoms with E-state index in [1.165, 1.54) is 22.9 Å². The third-order valence-electron chi connectivity index (χ3n) is 6.81. The zero-order valence-electron chi connectivity index (χ0n) is 22.0. The summed E-state index contributed by atoms with van der Waals surface area (Å²) in [6.07, 6.45) is -4.24. The van der Waals surface area contributed by atoms with Crippen LogP contribution in [0.1, 0.15) is 42.6 Å². The van der Waals surface area contributed by atoms with Gasteiger partial charge in [-0.1, -0.05) is 0 Å². The van der Waals surface area contributed by atoms with E-state index in [4.69, 9.17) is 17.3 Å². The molecule has 0 aliphatic carbocycles. The number of nitrogens with zero attached hydrogens (tertiary/aromatic N) is 2. The Hall–Kier alpha value is -1.87. The molecule has 1 aliphatic rings. The van der Waals surface area contributed by atoms with E-state index in [1.54, 1.807) is 23.1 Å². The Balaban J connectivity index is 1.79.